The minimum atomic E-state index is -3.93. The van der Waals surface area contributed by atoms with Gasteiger partial charge in [0.05, 0.1) is 10.6 Å². The van der Waals surface area contributed by atoms with Crippen molar-refractivity contribution in [2.45, 2.75) is 30.4 Å². The van der Waals surface area contributed by atoms with Crippen LogP contribution in [0.15, 0.2) is 83.8 Å². The summed E-state index contributed by atoms with van der Waals surface area (Å²) in [6.07, 6.45) is 0. The van der Waals surface area contributed by atoms with Crippen LogP contribution in [-0.2, 0) is 20.6 Å². The van der Waals surface area contributed by atoms with Crippen LogP contribution in [0.25, 0.3) is 0 Å². The number of rotatable bonds is 11. The maximum atomic E-state index is 13.7. The largest absolute Gasteiger partial charge is 0.354 e. The molecule has 0 aliphatic heterocycles. The second-order valence-corrected chi connectivity index (χ2v) is 11.0. The third-order valence-corrected chi connectivity index (χ3v) is 8.05. The van der Waals surface area contributed by atoms with Crippen molar-refractivity contribution in [1.82, 2.24) is 5.32 Å². The van der Waals surface area contributed by atoms with Crippen LogP contribution in [0, 0.1) is 5.82 Å². The predicted octanol–water partition coefficient (Wildman–Crippen LogP) is 5.19. The molecule has 8 heteroatoms. The highest BCUT2D eigenvalue weighted by molar-refractivity contribution is 7.98. The van der Waals surface area contributed by atoms with E-state index in [0.29, 0.717) is 35.2 Å². The van der Waals surface area contributed by atoms with Crippen molar-refractivity contribution >= 4 is 33.4 Å². The first-order chi connectivity index (χ1) is 16.3. The molecule has 0 aliphatic carbocycles. The van der Waals surface area contributed by atoms with E-state index < -0.39 is 15.9 Å². The summed E-state index contributed by atoms with van der Waals surface area (Å²) < 4.78 is 41.6. The Labute approximate surface area is 205 Å². The number of carbonyl (C=O) groups excluding carboxylic acids is 1. The molecule has 3 aromatic rings. The van der Waals surface area contributed by atoms with Gasteiger partial charge in [-0.1, -0.05) is 62.4 Å². The average molecular weight is 501 g/mol. The fraction of sp³-hybridized carbons (Fsp3) is 0.269. The number of amides is 1. The molecule has 0 aliphatic rings. The Morgan fingerprint density at radius 3 is 2.26 bits per heavy atom. The lowest BCUT2D eigenvalue weighted by atomic mass is 10.0. The van der Waals surface area contributed by atoms with Gasteiger partial charge >= 0.3 is 0 Å². The van der Waals surface area contributed by atoms with Crippen LogP contribution >= 0.6 is 11.8 Å². The molecule has 0 atom stereocenters. The van der Waals surface area contributed by atoms with Gasteiger partial charge in [0, 0.05) is 18.1 Å². The molecule has 0 saturated heterocycles. The summed E-state index contributed by atoms with van der Waals surface area (Å²) in [5, 5.41) is 2.78. The van der Waals surface area contributed by atoms with Crippen LogP contribution in [0.5, 0.6) is 0 Å². The summed E-state index contributed by atoms with van der Waals surface area (Å²) in [7, 11) is -3.93. The summed E-state index contributed by atoms with van der Waals surface area (Å²) in [5.41, 5.74) is 2.12. The topological polar surface area (TPSA) is 66.5 Å². The van der Waals surface area contributed by atoms with Gasteiger partial charge in [-0.25, -0.2) is 12.8 Å². The number of hydrogen-bond donors (Lipinski definition) is 1. The van der Waals surface area contributed by atoms with Gasteiger partial charge in [0.15, 0.2) is 0 Å². The van der Waals surface area contributed by atoms with Crippen molar-refractivity contribution in [3.63, 3.8) is 0 Å². The van der Waals surface area contributed by atoms with Gasteiger partial charge in [-0.3, -0.25) is 9.10 Å². The Bertz CT molecular complexity index is 1180. The predicted molar refractivity (Wildman–Crippen MR) is 137 cm³/mol. The number of nitrogens with zero attached hydrogens (tertiary/aromatic N) is 1. The van der Waals surface area contributed by atoms with E-state index in [1.165, 1.54) is 30.0 Å². The molecule has 0 saturated carbocycles. The smallest absolute Gasteiger partial charge is 0.264 e. The second-order valence-electron chi connectivity index (χ2n) is 8.06. The number of benzene rings is 3. The zero-order valence-corrected chi connectivity index (χ0v) is 20.9. The lowest BCUT2D eigenvalue weighted by Gasteiger charge is -2.24. The van der Waals surface area contributed by atoms with Gasteiger partial charge in [-0.2, -0.15) is 11.8 Å². The minimum Gasteiger partial charge on any atom is -0.354 e. The van der Waals surface area contributed by atoms with E-state index in [0.717, 1.165) is 9.87 Å². The van der Waals surface area contributed by atoms with Gasteiger partial charge in [-0.15, -0.1) is 0 Å². The van der Waals surface area contributed by atoms with Crippen LogP contribution in [0.1, 0.15) is 30.9 Å². The summed E-state index contributed by atoms with van der Waals surface area (Å²) >= 11 is 1.50. The molecule has 0 bridgehead atoms. The van der Waals surface area contributed by atoms with Crippen molar-refractivity contribution in [2.24, 2.45) is 0 Å². The first kappa shape index (κ1) is 25.8. The number of carbonyl (C=O) groups is 1. The van der Waals surface area contributed by atoms with E-state index in [1.807, 2.05) is 12.1 Å². The molecule has 5 nitrogen and oxygen atoms in total. The molecule has 1 amide bonds. The van der Waals surface area contributed by atoms with Gasteiger partial charge < -0.3 is 5.32 Å². The van der Waals surface area contributed by atoms with E-state index in [9.17, 15) is 17.6 Å². The third-order valence-electron chi connectivity index (χ3n) is 5.25. The van der Waals surface area contributed by atoms with Gasteiger partial charge in [-0.05, 0) is 47.4 Å². The number of hydrogen-bond acceptors (Lipinski definition) is 4. The Kier molecular flexibility index (Phi) is 9.12. The zero-order chi connectivity index (χ0) is 24.6. The molecule has 180 valence electrons. The highest BCUT2D eigenvalue weighted by Crippen LogP contribution is 2.25. The van der Waals surface area contributed by atoms with E-state index in [-0.39, 0.29) is 17.3 Å². The quantitative estimate of drug-likeness (QED) is 0.368. The van der Waals surface area contributed by atoms with Crippen LogP contribution in [0.4, 0.5) is 10.1 Å². The molecular weight excluding hydrogens is 471 g/mol. The van der Waals surface area contributed by atoms with E-state index >= 15 is 0 Å². The fourth-order valence-corrected chi connectivity index (χ4v) is 5.59. The Balaban J connectivity index is 1.66. The number of anilines is 1. The lowest BCUT2D eigenvalue weighted by molar-refractivity contribution is -0.119. The van der Waals surface area contributed by atoms with Crippen molar-refractivity contribution in [1.29, 1.82) is 0 Å². The highest BCUT2D eigenvalue weighted by atomic mass is 32.2. The monoisotopic (exact) mass is 500 g/mol. The van der Waals surface area contributed by atoms with Crippen LogP contribution < -0.4 is 9.62 Å². The third kappa shape index (κ3) is 6.84. The van der Waals surface area contributed by atoms with Crippen LogP contribution in [0.3, 0.4) is 0 Å². The normalized spacial score (nSPS) is 11.4. The maximum absolute atomic E-state index is 13.7. The van der Waals surface area contributed by atoms with Crippen LogP contribution in [0.2, 0.25) is 0 Å². The molecule has 0 radical (unpaired) electrons. The van der Waals surface area contributed by atoms with E-state index in [2.05, 4.69) is 19.2 Å². The summed E-state index contributed by atoms with van der Waals surface area (Å²) in [4.78, 5) is 12.8. The summed E-state index contributed by atoms with van der Waals surface area (Å²) in [6, 6.07) is 21.9. The average Bonchev–Trinajstić information content (AvgIpc) is 2.84. The van der Waals surface area contributed by atoms with E-state index in [4.69, 9.17) is 0 Å². The second kappa shape index (κ2) is 12.0. The molecular formula is C26H29FN2O3S2. The Morgan fingerprint density at radius 2 is 1.62 bits per heavy atom. The van der Waals surface area contributed by atoms with Gasteiger partial charge in [0.2, 0.25) is 5.91 Å². The van der Waals surface area contributed by atoms with Crippen molar-refractivity contribution < 1.29 is 17.6 Å². The maximum Gasteiger partial charge on any atom is 0.264 e. The first-order valence-corrected chi connectivity index (χ1v) is 13.6. The molecule has 0 aromatic heterocycles. The molecule has 0 heterocycles. The van der Waals surface area contributed by atoms with Crippen molar-refractivity contribution in [2.75, 3.05) is 23.1 Å². The van der Waals surface area contributed by atoms with Crippen LogP contribution in [-0.4, -0.2) is 33.2 Å². The van der Waals surface area contributed by atoms with E-state index in [1.54, 1.807) is 48.5 Å². The minimum absolute atomic E-state index is 0.121. The molecule has 1 N–H and O–H groups in total. The number of halogens is 1. The number of sulfonamides is 1. The standard InChI is InChI=1S/C26H29FN2O3S2/c1-20(2)21-12-14-23(15-13-21)29(34(31,32)24-9-4-3-5-10-24)18-26(30)28-16-17-33-19-22-8-6-7-11-25(22)27/h3-15,20H,16-19H2,1-2H3,(H,28,30). The molecule has 0 spiro atoms. The molecule has 3 aromatic carbocycles. The number of thioether (sulfide) groups is 1. The van der Waals surface area contributed by atoms with Crippen molar-refractivity contribution in [3.05, 3.63) is 95.8 Å². The molecule has 0 fully saturated rings. The van der Waals surface area contributed by atoms with Gasteiger partial charge in [0.1, 0.15) is 12.4 Å². The summed E-state index contributed by atoms with van der Waals surface area (Å²) in [6.45, 7) is 4.13. The first-order valence-electron chi connectivity index (χ1n) is 11.0. The summed E-state index contributed by atoms with van der Waals surface area (Å²) in [5.74, 6) is 0.731. The highest BCUT2D eigenvalue weighted by Gasteiger charge is 2.27. The molecule has 0 unspecified atom stereocenters. The zero-order valence-electron chi connectivity index (χ0n) is 19.3. The van der Waals surface area contributed by atoms with Gasteiger partial charge in [0.25, 0.3) is 10.0 Å². The Hall–Kier alpha value is -2.84. The molecule has 34 heavy (non-hydrogen) atoms. The SMILES string of the molecule is CC(C)c1ccc(N(CC(=O)NCCSCc2ccccc2F)S(=O)(=O)c2ccccc2)cc1. The Morgan fingerprint density at radius 1 is 0.971 bits per heavy atom. The van der Waals surface area contributed by atoms with Crippen molar-refractivity contribution in [3.8, 4) is 0 Å². The number of nitrogens with one attached hydrogen (secondary N) is 1. The fourth-order valence-electron chi connectivity index (χ4n) is 3.31. The molecule has 3 rings (SSSR count). The lowest BCUT2D eigenvalue weighted by Crippen LogP contribution is -2.41.